The van der Waals surface area contributed by atoms with Crippen LogP contribution in [0.25, 0.3) is 0 Å². The average Bonchev–Trinajstić information content (AvgIpc) is 2.63. The van der Waals surface area contributed by atoms with Gasteiger partial charge in [-0.25, -0.2) is 0 Å². The Hall–Kier alpha value is -2.73. The number of amides is 1. The van der Waals surface area contributed by atoms with Crippen LogP contribution in [0.5, 0.6) is 11.5 Å². The zero-order valence-corrected chi connectivity index (χ0v) is 15.5. The van der Waals surface area contributed by atoms with Gasteiger partial charge in [-0.3, -0.25) is 9.59 Å². The molecule has 0 spiro atoms. The molecule has 138 valence electrons. The number of nitrogens with one attached hydrogen (secondary N) is 1. The van der Waals surface area contributed by atoms with E-state index in [2.05, 4.69) is 5.32 Å². The summed E-state index contributed by atoms with van der Waals surface area (Å²) >= 11 is 5.80. The molecule has 26 heavy (non-hydrogen) atoms. The molecule has 1 atom stereocenters. The number of carbonyl (C=O) groups is 2. The van der Waals surface area contributed by atoms with Crippen LogP contribution in [0.1, 0.15) is 12.5 Å². The Labute approximate surface area is 157 Å². The van der Waals surface area contributed by atoms with E-state index >= 15 is 0 Å². The fraction of sp³-hybridized carbons (Fsp3) is 0.263. The van der Waals surface area contributed by atoms with E-state index in [1.54, 1.807) is 49.6 Å². The van der Waals surface area contributed by atoms with Crippen molar-refractivity contribution < 1.29 is 23.8 Å². The van der Waals surface area contributed by atoms with Crippen molar-refractivity contribution in [1.82, 2.24) is 0 Å². The lowest BCUT2D eigenvalue weighted by atomic mass is 10.1. The zero-order chi connectivity index (χ0) is 19.1. The highest BCUT2D eigenvalue weighted by Crippen LogP contribution is 2.25. The molecule has 2 aromatic rings. The summed E-state index contributed by atoms with van der Waals surface area (Å²) in [6.45, 7) is 1.51. The summed E-state index contributed by atoms with van der Waals surface area (Å²) in [5, 5.41) is 3.23. The smallest absolute Gasteiger partial charge is 0.311 e. The summed E-state index contributed by atoms with van der Waals surface area (Å²) in [7, 11) is 3.05. The van der Waals surface area contributed by atoms with Crippen molar-refractivity contribution in [3.63, 3.8) is 0 Å². The molecule has 0 aliphatic carbocycles. The van der Waals surface area contributed by atoms with Crippen LogP contribution in [-0.2, 0) is 20.7 Å². The van der Waals surface area contributed by atoms with Gasteiger partial charge in [-0.15, -0.1) is 0 Å². The van der Waals surface area contributed by atoms with Gasteiger partial charge < -0.3 is 19.5 Å². The molecule has 0 fully saturated rings. The van der Waals surface area contributed by atoms with Gasteiger partial charge in [0.1, 0.15) is 11.5 Å². The Morgan fingerprint density at radius 1 is 1.08 bits per heavy atom. The second-order valence-corrected chi connectivity index (χ2v) is 5.92. The zero-order valence-electron chi connectivity index (χ0n) is 14.7. The number of ether oxygens (including phenoxy) is 3. The second kappa shape index (κ2) is 9.10. The Morgan fingerprint density at radius 3 is 2.38 bits per heavy atom. The first-order valence-electron chi connectivity index (χ1n) is 7.89. The molecular weight excluding hydrogens is 358 g/mol. The summed E-state index contributed by atoms with van der Waals surface area (Å²) in [6.07, 6.45) is -0.964. The number of methoxy groups -OCH3 is 2. The molecule has 0 heterocycles. The van der Waals surface area contributed by atoms with Crippen LogP contribution < -0.4 is 14.8 Å². The molecule has 0 saturated carbocycles. The SMILES string of the molecule is COc1ccc(CC(=O)OC(C)C(=O)Nc2ccc(Cl)cc2)c(OC)c1. The van der Waals surface area contributed by atoms with Gasteiger partial charge in [0.05, 0.1) is 20.6 Å². The number of anilines is 1. The Balaban J connectivity index is 1.94. The molecule has 1 unspecified atom stereocenters. The van der Waals surface area contributed by atoms with Gasteiger partial charge in [0.2, 0.25) is 0 Å². The molecule has 0 saturated heterocycles. The number of esters is 1. The maximum Gasteiger partial charge on any atom is 0.311 e. The van der Waals surface area contributed by atoms with E-state index in [1.165, 1.54) is 14.0 Å². The lowest BCUT2D eigenvalue weighted by molar-refractivity contribution is -0.152. The largest absolute Gasteiger partial charge is 0.497 e. The van der Waals surface area contributed by atoms with Gasteiger partial charge in [-0.05, 0) is 37.3 Å². The van der Waals surface area contributed by atoms with Crippen molar-refractivity contribution >= 4 is 29.2 Å². The third kappa shape index (κ3) is 5.39. The van der Waals surface area contributed by atoms with E-state index in [0.29, 0.717) is 27.8 Å². The predicted molar refractivity (Wildman–Crippen MR) is 98.9 cm³/mol. The monoisotopic (exact) mass is 377 g/mol. The van der Waals surface area contributed by atoms with Crippen molar-refractivity contribution in [2.24, 2.45) is 0 Å². The van der Waals surface area contributed by atoms with Crippen molar-refractivity contribution in [2.75, 3.05) is 19.5 Å². The number of carbonyl (C=O) groups excluding carboxylic acids is 2. The van der Waals surface area contributed by atoms with Crippen LogP contribution >= 0.6 is 11.6 Å². The third-order valence-electron chi connectivity index (χ3n) is 3.62. The first-order valence-corrected chi connectivity index (χ1v) is 8.27. The minimum Gasteiger partial charge on any atom is -0.497 e. The van der Waals surface area contributed by atoms with Gasteiger partial charge in [0.15, 0.2) is 6.10 Å². The van der Waals surface area contributed by atoms with Crippen LogP contribution in [0.2, 0.25) is 5.02 Å². The third-order valence-corrected chi connectivity index (χ3v) is 3.87. The van der Waals surface area contributed by atoms with Crippen LogP contribution in [-0.4, -0.2) is 32.2 Å². The van der Waals surface area contributed by atoms with Crippen molar-refractivity contribution in [3.8, 4) is 11.5 Å². The maximum absolute atomic E-state index is 12.1. The minimum absolute atomic E-state index is 0.0221. The standard InChI is InChI=1S/C19H20ClNO5/c1-12(19(23)21-15-7-5-14(20)6-8-15)26-18(22)10-13-4-9-16(24-2)11-17(13)25-3/h4-9,11-12H,10H2,1-3H3,(H,21,23). The van der Waals surface area contributed by atoms with E-state index in [0.717, 1.165) is 0 Å². The van der Waals surface area contributed by atoms with Gasteiger partial charge in [-0.1, -0.05) is 17.7 Å². The van der Waals surface area contributed by atoms with E-state index in [-0.39, 0.29) is 6.42 Å². The molecule has 1 N–H and O–H groups in total. The van der Waals surface area contributed by atoms with Gasteiger partial charge in [-0.2, -0.15) is 0 Å². The summed E-state index contributed by atoms with van der Waals surface area (Å²) in [5.41, 5.74) is 1.21. The average molecular weight is 378 g/mol. The predicted octanol–water partition coefficient (Wildman–Crippen LogP) is 3.47. The van der Waals surface area contributed by atoms with Crippen molar-refractivity contribution in [3.05, 3.63) is 53.1 Å². The molecule has 0 aromatic heterocycles. The molecule has 2 rings (SSSR count). The van der Waals surface area contributed by atoms with Crippen LogP contribution in [0.15, 0.2) is 42.5 Å². The van der Waals surface area contributed by atoms with Gasteiger partial charge >= 0.3 is 5.97 Å². The molecule has 0 aliphatic rings. The highest BCUT2D eigenvalue weighted by molar-refractivity contribution is 6.30. The second-order valence-electron chi connectivity index (χ2n) is 5.48. The number of rotatable bonds is 7. The first-order chi connectivity index (χ1) is 12.4. The summed E-state index contributed by atoms with van der Waals surface area (Å²) in [4.78, 5) is 24.3. The molecule has 0 bridgehead atoms. The normalized spacial score (nSPS) is 11.4. The van der Waals surface area contributed by atoms with Crippen LogP contribution in [0.3, 0.4) is 0 Å². The van der Waals surface area contributed by atoms with Gasteiger partial charge in [0.25, 0.3) is 5.91 Å². The van der Waals surface area contributed by atoms with Gasteiger partial charge in [0, 0.05) is 22.3 Å². The quantitative estimate of drug-likeness (QED) is 0.748. The van der Waals surface area contributed by atoms with Crippen LogP contribution in [0, 0.1) is 0 Å². The molecule has 6 nitrogen and oxygen atoms in total. The fourth-order valence-electron chi connectivity index (χ4n) is 2.22. The summed E-state index contributed by atoms with van der Waals surface area (Å²) in [5.74, 6) is 0.170. The number of benzene rings is 2. The number of hydrogen-bond donors (Lipinski definition) is 1. The fourth-order valence-corrected chi connectivity index (χ4v) is 2.35. The minimum atomic E-state index is -0.942. The summed E-state index contributed by atoms with van der Waals surface area (Å²) in [6, 6.07) is 11.8. The Morgan fingerprint density at radius 2 is 1.77 bits per heavy atom. The molecule has 2 aromatic carbocycles. The Kier molecular flexibility index (Phi) is 6.86. The molecule has 0 radical (unpaired) electrons. The molecule has 0 aliphatic heterocycles. The Bertz CT molecular complexity index is 776. The highest BCUT2D eigenvalue weighted by Gasteiger charge is 2.19. The first kappa shape index (κ1) is 19.6. The van der Waals surface area contributed by atoms with Crippen LogP contribution in [0.4, 0.5) is 5.69 Å². The highest BCUT2D eigenvalue weighted by atomic mass is 35.5. The number of halogens is 1. The van der Waals surface area contributed by atoms with Crippen molar-refractivity contribution in [2.45, 2.75) is 19.4 Å². The topological polar surface area (TPSA) is 73.9 Å². The maximum atomic E-state index is 12.1. The lowest BCUT2D eigenvalue weighted by Crippen LogP contribution is -2.30. The summed E-state index contributed by atoms with van der Waals surface area (Å²) < 4.78 is 15.6. The van der Waals surface area contributed by atoms with E-state index in [9.17, 15) is 9.59 Å². The molecule has 1 amide bonds. The van der Waals surface area contributed by atoms with E-state index in [4.69, 9.17) is 25.8 Å². The number of hydrogen-bond acceptors (Lipinski definition) is 5. The molecular formula is C19H20ClNO5. The lowest BCUT2D eigenvalue weighted by Gasteiger charge is -2.15. The molecule has 7 heteroatoms. The van der Waals surface area contributed by atoms with E-state index in [1.807, 2.05) is 0 Å². The van der Waals surface area contributed by atoms with E-state index < -0.39 is 18.0 Å². The van der Waals surface area contributed by atoms with Crippen molar-refractivity contribution in [1.29, 1.82) is 0 Å².